The topological polar surface area (TPSA) is 78.7 Å². The number of carbonyl (C=O) groups excluding carboxylic acids is 1. The number of hydrogen-bond donors (Lipinski definition) is 1. The summed E-state index contributed by atoms with van der Waals surface area (Å²) >= 11 is 5.88. The van der Waals surface area contributed by atoms with Gasteiger partial charge >= 0.3 is 12.1 Å². The highest BCUT2D eigenvalue weighted by Crippen LogP contribution is 2.42. The first kappa shape index (κ1) is 23.2. The minimum Gasteiger partial charge on any atom is -0.476 e. The minimum atomic E-state index is -4.65. The Labute approximate surface area is 193 Å². The van der Waals surface area contributed by atoms with Crippen molar-refractivity contribution in [2.45, 2.75) is 25.4 Å². The van der Waals surface area contributed by atoms with Crippen molar-refractivity contribution in [1.82, 2.24) is 19.6 Å². The van der Waals surface area contributed by atoms with Crippen LogP contribution in [0.4, 0.5) is 13.2 Å². The summed E-state index contributed by atoms with van der Waals surface area (Å²) in [6.45, 7) is 6.00. The molecule has 0 unspecified atom stereocenters. The summed E-state index contributed by atoms with van der Waals surface area (Å²) in [6.07, 6.45) is -0.956. The molecule has 0 atom stereocenters. The number of aromatic nitrogens is 2. The molecule has 176 valence electrons. The second kappa shape index (κ2) is 8.40. The normalized spacial score (nSPS) is 18.1. The molecular formula is C22H22ClF3N4O3. The summed E-state index contributed by atoms with van der Waals surface area (Å²) in [5, 5.41) is 13.1. The smallest absolute Gasteiger partial charge is 0.417 e. The van der Waals surface area contributed by atoms with Crippen LogP contribution in [-0.4, -0.2) is 62.7 Å². The highest BCUT2D eigenvalue weighted by molar-refractivity contribution is 6.31. The van der Waals surface area contributed by atoms with E-state index in [1.807, 2.05) is 4.90 Å². The number of amides is 1. The average molecular weight is 483 g/mol. The van der Waals surface area contributed by atoms with Gasteiger partial charge in [0.2, 0.25) is 0 Å². The van der Waals surface area contributed by atoms with Crippen LogP contribution in [0.15, 0.2) is 37.0 Å². The Morgan fingerprint density at radius 2 is 1.73 bits per heavy atom. The molecule has 1 N–H and O–H groups in total. The third-order valence-electron chi connectivity index (χ3n) is 6.50. The Hall–Kier alpha value is -3.01. The third-order valence-corrected chi connectivity index (χ3v) is 6.74. The van der Waals surface area contributed by atoms with Crippen LogP contribution in [0.2, 0.25) is 5.02 Å². The van der Waals surface area contributed by atoms with Gasteiger partial charge < -0.3 is 14.9 Å². The molecule has 11 heteroatoms. The van der Waals surface area contributed by atoms with Gasteiger partial charge in [0, 0.05) is 37.4 Å². The molecule has 2 saturated heterocycles. The first-order valence-electron chi connectivity index (χ1n) is 10.4. The number of likely N-dealkylation sites (tertiary alicyclic amines) is 2. The summed E-state index contributed by atoms with van der Waals surface area (Å²) in [5.74, 6) is -1.23. The Morgan fingerprint density at radius 1 is 1.09 bits per heavy atom. The van der Waals surface area contributed by atoms with Crippen LogP contribution in [0.5, 0.6) is 0 Å². The van der Waals surface area contributed by atoms with Crippen molar-refractivity contribution in [2.75, 3.05) is 26.2 Å². The monoisotopic (exact) mass is 482 g/mol. The van der Waals surface area contributed by atoms with Crippen molar-refractivity contribution in [3.63, 3.8) is 0 Å². The minimum absolute atomic E-state index is 0.0752. The van der Waals surface area contributed by atoms with Gasteiger partial charge in [0.25, 0.3) is 5.91 Å². The summed E-state index contributed by atoms with van der Waals surface area (Å²) in [4.78, 5) is 27.5. The zero-order valence-corrected chi connectivity index (χ0v) is 18.4. The lowest BCUT2D eigenvalue weighted by Crippen LogP contribution is -2.42. The molecule has 2 fully saturated rings. The highest BCUT2D eigenvalue weighted by atomic mass is 35.5. The van der Waals surface area contributed by atoms with E-state index in [1.165, 1.54) is 21.8 Å². The lowest BCUT2D eigenvalue weighted by Gasteiger charge is -2.40. The van der Waals surface area contributed by atoms with Crippen LogP contribution in [0.25, 0.3) is 5.82 Å². The molecule has 2 aliphatic rings. The standard InChI is InChI=1S/C22H22ClF3N4O3/c1-14(30-8-4-18(27-30)20(32)33)28-9-5-21(6-10-28)7-11-29(13-21)19(31)16-12-15(23)2-3-17(16)22(24,25)26/h2-4,8,12H,1,5-7,9-11,13H2,(H,32,33). The summed E-state index contributed by atoms with van der Waals surface area (Å²) in [5.41, 5.74) is -1.66. The van der Waals surface area contributed by atoms with Crippen LogP contribution in [0, 0.1) is 5.41 Å². The summed E-state index contributed by atoms with van der Waals surface area (Å²) in [6, 6.07) is 4.45. The Kier molecular flexibility index (Phi) is 5.90. The van der Waals surface area contributed by atoms with Crippen molar-refractivity contribution < 1.29 is 27.9 Å². The number of aromatic carboxylic acids is 1. The molecule has 1 amide bonds. The van der Waals surface area contributed by atoms with E-state index in [9.17, 15) is 22.8 Å². The Morgan fingerprint density at radius 3 is 2.30 bits per heavy atom. The second-order valence-electron chi connectivity index (χ2n) is 8.52. The van der Waals surface area contributed by atoms with E-state index in [0.29, 0.717) is 38.4 Å². The number of alkyl halides is 3. The molecule has 2 aliphatic heterocycles. The largest absolute Gasteiger partial charge is 0.476 e. The number of rotatable bonds is 4. The first-order chi connectivity index (χ1) is 15.5. The van der Waals surface area contributed by atoms with Crippen molar-refractivity contribution in [3.8, 4) is 0 Å². The van der Waals surface area contributed by atoms with Crippen molar-refractivity contribution in [3.05, 3.63) is 58.9 Å². The summed E-state index contributed by atoms with van der Waals surface area (Å²) in [7, 11) is 0. The van der Waals surface area contributed by atoms with E-state index < -0.39 is 29.2 Å². The number of benzene rings is 1. The first-order valence-corrected chi connectivity index (χ1v) is 10.8. The van der Waals surface area contributed by atoms with Crippen LogP contribution in [0.1, 0.15) is 45.7 Å². The number of carbonyl (C=O) groups is 2. The predicted molar refractivity (Wildman–Crippen MR) is 115 cm³/mol. The van der Waals surface area contributed by atoms with Gasteiger partial charge in [-0.3, -0.25) is 4.79 Å². The van der Waals surface area contributed by atoms with Gasteiger partial charge in [0.1, 0.15) is 5.82 Å². The second-order valence-corrected chi connectivity index (χ2v) is 8.95. The van der Waals surface area contributed by atoms with Crippen molar-refractivity contribution in [1.29, 1.82) is 0 Å². The van der Waals surface area contributed by atoms with Crippen LogP contribution < -0.4 is 0 Å². The molecular weight excluding hydrogens is 461 g/mol. The van der Waals surface area contributed by atoms with Gasteiger partial charge in [-0.15, -0.1) is 0 Å². The molecule has 4 rings (SSSR count). The zero-order chi connectivity index (χ0) is 24.0. The molecule has 0 saturated carbocycles. The van der Waals surface area contributed by atoms with Crippen LogP contribution >= 0.6 is 11.6 Å². The highest BCUT2D eigenvalue weighted by Gasteiger charge is 2.44. The van der Waals surface area contributed by atoms with Crippen LogP contribution in [-0.2, 0) is 6.18 Å². The molecule has 33 heavy (non-hydrogen) atoms. The van der Waals surface area contributed by atoms with E-state index in [4.69, 9.17) is 16.7 Å². The van der Waals surface area contributed by atoms with Crippen LogP contribution in [0.3, 0.4) is 0 Å². The van der Waals surface area contributed by atoms with Gasteiger partial charge in [0.05, 0.1) is 11.1 Å². The molecule has 0 radical (unpaired) electrons. The van der Waals surface area contributed by atoms with E-state index in [1.54, 1.807) is 0 Å². The number of carboxylic acid groups (broad SMARTS) is 1. The maximum Gasteiger partial charge on any atom is 0.417 e. The van der Waals surface area contributed by atoms with Gasteiger partial charge in [-0.2, -0.15) is 18.3 Å². The number of piperidine rings is 1. The third kappa shape index (κ3) is 4.57. The lowest BCUT2D eigenvalue weighted by atomic mass is 9.78. The SMILES string of the molecule is C=C(N1CCC2(CC1)CCN(C(=O)c1cc(Cl)ccc1C(F)(F)F)C2)n1ccc(C(=O)O)n1. The molecule has 7 nitrogen and oxygen atoms in total. The van der Waals surface area contributed by atoms with Gasteiger partial charge in [-0.1, -0.05) is 18.2 Å². The molecule has 1 spiro atoms. The molecule has 3 heterocycles. The van der Waals surface area contributed by atoms with E-state index in [-0.39, 0.29) is 16.1 Å². The quantitative estimate of drug-likeness (QED) is 0.702. The Balaban J connectivity index is 1.42. The zero-order valence-electron chi connectivity index (χ0n) is 17.6. The average Bonchev–Trinajstić information content (AvgIpc) is 3.41. The predicted octanol–water partition coefficient (Wildman–Crippen LogP) is 4.31. The fourth-order valence-electron chi connectivity index (χ4n) is 4.59. The molecule has 1 aromatic heterocycles. The number of hydrogen-bond acceptors (Lipinski definition) is 4. The fraction of sp³-hybridized carbons (Fsp3) is 0.409. The number of carboxylic acids is 1. The Bertz CT molecular complexity index is 1110. The van der Waals surface area contributed by atoms with Gasteiger partial charge in [-0.25, -0.2) is 9.48 Å². The summed E-state index contributed by atoms with van der Waals surface area (Å²) < 4.78 is 41.7. The van der Waals surface area contributed by atoms with Crippen molar-refractivity contribution >= 4 is 29.3 Å². The maximum atomic E-state index is 13.4. The van der Waals surface area contributed by atoms with E-state index >= 15 is 0 Å². The van der Waals surface area contributed by atoms with E-state index in [0.717, 1.165) is 31.0 Å². The molecule has 0 aliphatic carbocycles. The lowest BCUT2D eigenvalue weighted by molar-refractivity contribution is -0.138. The van der Waals surface area contributed by atoms with Gasteiger partial charge in [0.15, 0.2) is 5.69 Å². The fourth-order valence-corrected chi connectivity index (χ4v) is 4.77. The molecule has 1 aromatic carbocycles. The van der Waals surface area contributed by atoms with Gasteiger partial charge in [-0.05, 0) is 48.9 Å². The number of halogens is 4. The van der Waals surface area contributed by atoms with E-state index in [2.05, 4.69) is 11.7 Å². The van der Waals surface area contributed by atoms with Crippen molar-refractivity contribution in [2.24, 2.45) is 5.41 Å². The number of nitrogens with zero attached hydrogens (tertiary/aromatic N) is 4. The molecule has 0 bridgehead atoms. The molecule has 2 aromatic rings. The maximum absolute atomic E-state index is 13.4.